The average Bonchev–Trinajstić information content (AvgIpc) is 2.30. The summed E-state index contributed by atoms with van der Waals surface area (Å²) in [7, 11) is 0. The molecule has 92 valence electrons. The predicted octanol–water partition coefficient (Wildman–Crippen LogP) is 0.770. The topological polar surface area (TPSA) is 98.2 Å². The number of carbonyl (C=O) groups is 2. The van der Waals surface area contributed by atoms with E-state index in [0.29, 0.717) is 17.7 Å². The van der Waals surface area contributed by atoms with Gasteiger partial charge in [0.1, 0.15) is 0 Å². The zero-order chi connectivity index (χ0) is 13.0. The summed E-state index contributed by atoms with van der Waals surface area (Å²) < 4.78 is 0. The number of aryl methyl sites for hydroxylation is 1. The van der Waals surface area contributed by atoms with Gasteiger partial charge in [-0.15, -0.1) is 0 Å². The standard InChI is InChI=1S/C12H17N3O2/c1-3-9(13)12(17)15-10-5-4-8(11(14)16)6-7(10)2/h4-6,9H,3,13H2,1-2H3,(H2,14,16)(H,15,17)/t9-/m0/s1. The summed E-state index contributed by atoms with van der Waals surface area (Å²) in [5.74, 6) is -0.723. The molecule has 0 aliphatic heterocycles. The number of hydrogen-bond acceptors (Lipinski definition) is 3. The van der Waals surface area contributed by atoms with E-state index >= 15 is 0 Å². The van der Waals surface area contributed by atoms with Crippen LogP contribution in [0.15, 0.2) is 18.2 Å². The molecule has 0 aliphatic carbocycles. The predicted molar refractivity (Wildman–Crippen MR) is 66.6 cm³/mol. The maximum Gasteiger partial charge on any atom is 0.248 e. The summed E-state index contributed by atoms with van der Waals surface area (Å²) in [5, 5.41) is 2.71. The monoisotopic (exact) mass is 235 g/mol. The molecule has 17 heavy (non-hydrogen) atoms. The Balaban J connectivity index is 2.86. The van der Waals surface area contributed by atoms with E-state index in [1.54, 1.807) is 25.1 Å². The van der Waals surface area contributed by atoms with E-state index in [-0.39, 0.29) is 5.91 Å². The molecule has 0 heterocycles. The Labute approximate surface area is 100 Å². The molecule has 5 nitrogen and oxygen atoms in total. The smallest absolute Gasteiger partial charge is 0.248 e. The van der Waals surface area contributed by atoms with Crippen LogP contribution in [0.3, 0.4) is 0 Å². The Morgan fingerprint density at radius 3 is 2.53 bits per heavy atom. The molecule has 0 unspecified atom stereocenters. The van der Waals surface area contributed by atoms with E-state index in [1.165, 1.54) is 0 Å². The molecular weight excluding hydrogens is 218 g/mol. The molecule has 1 aromatic carbocycles. The van der Waals surface area contributed by atoms with Gasteiger partial charge in [-0.2, -0.15) is 0 Å². The normalized spacial score (nSPS) is 11.9. The van der Waals surface area contributed by atoms with E-state index in [4.69, 9.17) is 11.5 Å². The second-order valence-electron chi connectivity index (χ2n) is 3.90. The molecule has 5 heteroatoms. The number of rotatable bonds is 4. The van der Waals surface area contributed by atoms with E-state index < -0.39 is 11.9 Å². The van der Waals surface area contributed by atoms with Crippen molar-refractivity contribution in [3.63, 3.8) is 0 Å². The lowest BCUT2D eigenvalue weighted by molar-refractivity contribution is -0.117. The molecule has 1 atom stereocenters. The van der Waals surface area contributed by atoms with Crippen molar-refractivity contribution in [1.29, 1.82) is 0 Å². The van der Waals surface area contributed by atoms with Crippen LogP contribution < -0.4 is 16.8 Å². The van der Waals surface area contributed by atoms with Crippen molar-refractivity contribution in [2.45, 2.75) is 26.3 Å². The minimum atomic E-state index is -0.523. The summed E-state index contributed by atoms with van der Waals surface area (Å²) in [6.07, 6.45) is 0.574. The lowest BCUT2D eigenvalue weighted by atomic mass is 10.1. The zero-order valence-corrected chi connectivity index (χ0v) is 9.99. The molecule has 1 rings (SSSR count). The van der Waals surface area contributed by atoms with E-state index in [1.807, 2.05) is 6.92 Å². The van der Waals surface area contributed by atoms with Crippen LogP contribution in [0.25, 0.3) is 0 Å². The number of nitrogens with one attached hydrogen (secondary N) is 1. The third-order valence-electron chi connectivity index (χ3n) is 2.55. The fourth-order valence-electron chi connectivity index (χ4n) is 1.37. The zero-order valence-electron chi connectivity index (χ0n) is 9.99. The molecular formula is C12H17N3O2. The van der Waals surface area contributed by atoms with Gasteiger partial charge in [-0.25, -0.2) is 0 Å². The Bertz CT molecular complexity index is 443. The van der Waals surface area contributed by atoms with Crippen LogP contribution in [0, 0.1) is 6.92 Å². The van der Waals surface area contributed by atoms with E-state index in [0.717, 1.165) is 5.56 Å². The molecule has 0 radical (unpaired) electrons. The van der Waals surface area contributed by atoms with Crippen LogP contribution in [0.2, 0.25) is 0 Å². The summed E-state index contributed by atoms with van der Waals surface area (Å²) in [4.78, 5) is 22.5. The third-order valence-corrected chi connectivity index (χ3v) is 2.55. The first-order chi connectivity index (χ1) is 7.95. The Morgan fingerprint density at radius 1 is 1.41 bits per heavy atom. The van der Waals surface area contributed by atoms with E-state index in [2.05, 4.69) is 5.32 Å². The van der Waals surface area contributed by atoms with Gasteiger partial charge in [0.05, 0.1) is 6.04 Å². The summed E-state index contributed by atoms with van der Waals surface area (Å²) in [6.45, 7) is 3.63. The molecule has 0 aromatic heterocycles. The maximum atomic E-state index is 11.6. The van der Waals surface area contributed by atoms with Gasteiger partial charge in [0.2, 0.25) is 11.8 Å². The number of primary amides is 1. The highest BCUT2D eigenvalue weighted by molar-refractivity contribution is 5.97. The fourth-order valence-corrected chi connectivity index (χ4v) is 1.37. The van der Waals surface area contributed by atoms with Gasteiger partial charge in [0.15, 0.2) is 0 Å². The number of anilines is 1. The van der Waals surface area contributed by atoms with Gasteiger partial charge in [-0.05, 0) is 37.1 Å². The molecule has 0 saturated carbocycles. The summed E-state index contributed by atoms with van der Waals surface area (Å²) in [6, 6.07) is 4.33. The molecule has 2 amide bonds. The molecule has 0 saturated heterocycles. The number of amides is 2. The SMILES string of the molecule is CC[C@H](N)C(=O)Nc1ccc(C(N)=O)cc1C. The van der Waals surface area contributed by atoms with Gasteiger partial charge >= 0.3 is 0 Å². The van der Waals surface area contributed by atoms with Crippen LogP contribution in [0.4, 0.5) is 5.69 Å². The number of nitrogens with two attached hydrogens (primary N) is 2. The van der Waals surface area contributed by atoms with Crippen molar-refractivity contribution in [2.75, 3.05) is 5.32 Å². The Hall–Kier alpha value is -1.88. The van der Waals surface area contributed by atoms with E-state index in [9.17, 15) is 9.59 Å². The Kier molecular flexibility index (Phi) is 4.23. The molecule has 1 aromatic rings. The average molecular weight is 235 g/mol. The van der Waals surface area contributed by atoms with Crippen molar-refractivity contribution in [3.05, 3.63) is 29.3 Å². The van der Waals surface area contributed by atoms with Gasteiger partial charge in [0, 0.05) is 11.3 Å². The summed E-state index contributed by atoms with van der Waals surface area (Å²) >= 11 is 0. The summed E-state index contributed by atoms with van der Waals surface area (Å²) in [5.41, 5.74) is 12.6. The quantitative estimate of drug-likeness (QED) is 0.718. The lowest BCUT2D eigenvalue weighted by Gasteiger charge is -2.12. The molecule has 5 N–H and O–H groups in total. The number of hydrogen-bond donors (Lipinski definition) is 3. The maximum absolute atomic E-state index is 11.6. The molecule has 0 aliphatic rings. The first-order valence-corrected chi connectivity index (χ1v) is 5.42. The molecule has 0 bridgehead atoms. The number of benzene rings is 1. The van der Waals surface area contributed by atoms with Crippen molar-refractivity contribution in [1.82, 2.24) is 0 Å². The highest BCUT2D eigenvalue weighted by Gasteiger charge is 2.12. The van der Waals surface area contributed by atoms with Crippen molar-refractivity contribution in [2.24, 2.45) is 11.5 Å². The first-order valence-electron chi connectivity index (χ1n) is 5.42. The minimum absolute atomic E-state index is 0.234. The van der Waals surface area contributed by atoms with Crippen LogP contribution in [0.5, 0.6) is 0 Å². The molecule has 0 spiro atoms. The van der Waals surface area contributed by atoms with Gasteiger partial charge in [0.25, 0.3) is 0 Å². The molecule has 0 fully saturated rings. The largest absolute Gasteiger partial charge is 0.366 e. The van der Waals surface area contributed by atoms with Crippen molar-refractivity contribution in [3.8, 4) is 0 Å². The first kappa shape index (κ1) is 13.2. The minimum Gasteiger partial charge on any atom is -0.366 e. The van der Waals surface area contributed by atoms with Crippen LogP contribution in [-0.2, 0) is 4.79 Å². The highest BCUT2D eigenvalue weighted by atomic mass is 16.2. The van der Waals surface area contributed by atoms with Crippen molar-refractivity contribution >= 4 is 17.5 Å². The fraction of sp³-hybridized carbons (Fsp3) is 0.333. The van der Waals surface area contributed by atoms with Gasteiger partial charge < -0.3 is 16.8 Å². The Morgan fingerprint density at radius 2 is 2.06 bits per heavy atom. The van der Waals surface area contributed by atoms with Crippen LogP contribution in [0.1, 0.15) is 29.3 Å². The third kappa shape index (κ3) is 3.29. The second-order valence-corrected chi connectivity index (χ2v) is 3.90. The van der Waals surface area contributed by atoms with Crippen molar-refractivity contribution < 1.29 is 9.59 Å². The number of carbonyl (C=O) groups excluding carboxylic acids is 2. The van der Waals surface area contributed by atoms with Gasteiger partial charge in [-0.1, -0.05) is 6.92 Å². The van der Waals surface area contributed by atoms with Gasteiger partial charge in [-0.3, -0.25) is 9.59 Å². The second kappa shape index (κ2) is 5.45. The van der Waals surface area contributed by atoms with Crippen LogP contribution >= 0.6 is 0 Å². The van der Waals surface area contributed by atoms with Crippen LogP contribution in [-0.4, -0.2) is 17.9 Å². The lowest BCUT2D eigenvalue weighted by Crippen LogP contribution is -2.35. The highest BCUT2D eigenvalue weighted by Crippen LogP contribution is 2.16.